The average molecular weight is 471 g/mol. The minimum atomic E-state index is -0.434. The number of amides is 1. The Kier molecular flexibility index (Phi) is 6.01. The molecule has 1 amide bonds. The predicted octanol–water partition coefficient (Wildman–Crippen LogP) is 3.86. The maximum Gasteiger partial charge on any atom is 0.278 e. The molecule has 7 nitrogen and oxygen atoms in total. The lowest BCUT2D eigenvalue weighted by atomic mass is 10.2. The maximum absolute atomic E-state index is 14.1. The first-order valence-corrected chi connectivity index (χ1v) is 11.1. The summed E-state index contributed by atoms with van der Waals surface area (Å²) in [4.78, 5) is 30.9. The second-order valence-electron chi connectivity index (χ2n) is 8.23. The SMILES string of the molecule is COc1ccc(CNC(=O)Cn2c3ccc(F)cc3c3ncn(Cc4ccccc4)c(=O)c32)cc1. The summed E-state index contributed by atoms with van der Waals surface area (Å²) in [6.45, 7) is 0.557. The highest BCUT2D eigenvalue weighted by Gasteiger charge is 2.19. The van der Waals surface area contributed by atoms with Gasteiger partial charge >= 0.3 is 0 Å². The summed E-state index contributed by atoms with van der Waals surface area (Å²) in [5.74, 6) is 0.0226. The van der Waals surface area contributed by atoms with E-state index in [1.807, 2.05) is 54.6 Å². The van der Waals surface area contributed by atoms with Crippen molar-refractivity contribution in [2.45, 2.75) is 19.6 Å². The first-order valence-electron chi connectivity index (χ1n) is 11.1. The lowest BCUT2D eigenvalue weighted by molar-refractivity contribution is -0.121. The van der Waals surface area contributed by atoms with Crippen LogP contribution in [0.5, 0.6) is 5.75 Å². The van der Waals surface area contributed by atoms with E-state index in [0.717, 1.165) is 16.9 Å². The Bertz CT molecular complexity index is 1570. The number of aromatic nitrogens is 3. The van der Waals surface area contributed by atoms with Crippen LogP contribution in [0, 0.1) is 5.82 Å². The van der Waals surface area contributed by atoms with E-state index >= 15 is 0 Å². The van der Waals surface area contributed by atoms with Crippen molar-refractivity contribution < 1.29 is 13.9 Å². The van der Waals surface area contributed by atoms with Crippen molar-refractivity contribution in [3.63, 3.8) is 0 Å². The predicted molar refractivity (Wildman–Crippen MR) is 132 cm³/mol. The van der Waals surface area contributed by atoms with Crippen LogP contribution in [0.4, 0.5) is 4.39 Å². The Morgan fingerprint density at radius 1 is 1.03 bits per heavy atom. The Balaban J connectivity index is 1.50. The van der Waals surface area contributed by atoms with Crippen LogP contribution >= 0.6 is 0 Å². The van der Waals surface area contributed by atoms with Crippen LogP contribution in [0.1, 0.15) is 11.1 Å². The van der Waals surface area contributed by atoms with Gasteiger partial charge in [0.25, 0.3) is 5.56 Å². The topological polar surface area (TPSA) is 78.2 Å². The average Bonchev–Trinajstić information content (AvgIpc) is 3.18. The van der Waals surface area contributed by atoms with Gasteiger partial charge in [0, 0.05) is 11.9 Å². The molecule has 0 aliphatic carbocycles. The number of ether oxygens (including phenoxy) is 1. The second-order valence-corrected chi connectivity index (χ2v) is 8.23. The zero-order chi connectivity index (χ0) is 24.4. The molecule has 0 atom stereocenters. The van der Waals surface area contributed by atoms with E-state index in [1.54, 1.807) is 17.7 Å². The molecule has 35 heavy (non-hydrogen) atoms. The number of hydrogen-bond donors (Lipinski definition) is 1. The largest absolute Gasteiger partial charge is 0.497 e. The van der Waals surface area contributed by atoms with E-state index in [9.17, 15) is 14.0 Å². The molecule has 2 heterocycles. The van der Waals surface area contributed by atoms with Gasteiger partial charge < -0.3 is 14.6 Å². The van der Waals surface area contributed by atoms with Gasteiger partial charge in [-0.1, -0.05) is 42.5 Å². The molecule has 0 fully saturated rings. The Morgan fingerprint density at radius 2 is 1.80 bits per heavy atom. The highest BCUT2D eigenvalue weighted by Crippen LogP contribution is 2.26. The van der Waals surface area contributed by atoms with Gasteiger partial charge in [-0.2, -0.15) is 0 Å². The lowest BCUT2D eigenvalue weighted by Gasteiger charge is -2.10. The van der Waals surface area contributed by atoms with Crippen LogP contribution in [0.15, 0.2) is 83.9 Å². The van der Waals surface area contributed by atoms with Gasteiger partial charge in [0.2, 0.25) is 5.91 Å². The first kappa shape index (κ1) is 22.3. The maximum atomic E-state index is 14.1. The molecule has 5 rings (SSSR count). The van der Waals surface area contributed by atoms with Crippen molar-refractivity contribution in [1.82, 2.24) is 19.4 Å². The van der Waals surface area contributed by atoms with Gasteiger partial charge in [-0.25, -0.2) is 9.37 Å². The summed E-state index contributed by atoms with van der Waals surface area (Å²) in [7, 11) is 1.59. The minimum absolute atomic E-state index is 0.103. The van der Waals surface area contributed by atoms with Gasteiger partial charge in [0.05, 0.1) is 25.5 Å². The number of carbonyl (C=O) groups excluding carboxylic acids is 1. The molecule has 8 heteroatoms. The van der Waals surface area contributed by atoms with Crippen molar-refractivity contribution >= 4 is 27.8 Å². The van der Waals surface area contributed by atoms with Crippen LogP contribution in [-0.2, 0) is 24.4 Å². The molecule has 0 unspecified atom stereocenters. The second kappa shape index (κ2) is 9.42. The van der Waals surface area contributed by atoms with E-state index in [-0.39, 0.29) is 23.5 Å². The van der Waals surface area contributed by atoms with Crippen molar-refractivity contribution in [2.24, 2.45) is 0 Å². The van der Waals surface area contributed by atoms with Crippen LogP contribution in [0.25, 0.3) is 21.9 Å². The number of methoxy groups -OCH3 is 1. The number of halogens is 1. The number of nitrogens with one attached hydrogen (secondary N) is 1. The normalized spacial score (nSPS) is 11.1. The lowest BCUT2D eigenvalue weighted by Crippen LogP contribution is -2.29. The summed E-state index contributed by atoms with van der Waals surface area (Å²) in [5, 5.41) is 3.38. The molecule has 2 aromatic heterocycles. The van der Waals surface area contributed by atoms with Gasteiger partial charge in [-0.05, 0) is 41.5 Å². The fourth-order valence-corrected chi connectivity index (χ4v) is 4.17. The molecule has 0 radical (unpaired) electrons. The highest BCUT2D eigenvalue weighted by molar-refractivity contribution is 6.06. The summed E-state index contributed by atoms with van der Waals surface area (Å²) in [6, 6.07) is 21.2. The summed E-state index contributed by atoms with van der Waals surface area (Å²) in [5.41, 5.74) is 2.78. The van der Waals surface area contributed by atoms with Gasteiger partial charge in [-0.15, -0.1) is 0 Å². The first-order chi connectivity index (χ1) is 17.0. The van der Waals surface area contributed by atoms with Crippen molar-refractivity contribution in [2.75, 3.05) is 7.11 Å². The fourth-order valence-electron chi connectivity index (χ4n) is 4.17. The van der Waals surface area contributed by atoms with Crippen LogP contribution in [0.3, 0.4) is 0 Å². The Labute approximate surface area is 200 Å². The zero-order valence-corrected chi connectivity index (χ0v) is 19.1. The minimum Gasteiger partial charge on any atom is -0.497 e. The van der Waals surface area contributed by atoms with E-state index in [0.29, 0.717) is 29.5 Å². The van der Waals surface area contributed by atoms with E-state index < -0.39 is 5.82 Å². The monoisotopic (exact) mass is 470 g/mol. The van der Waals surface area contributed by atoms with Crippen molar-refractivity contribution in [1.29, 1.82) is 0 Å². The molecule has 0 bridgehead atoms. The Morgan fingerprint density at radius 3 is 2.54 bits per heavy atom. The van der Waals surface area contributed by atoms with Gasteiger partial charge in [0.15, 0.2) is 0 Å². The van der Waals surface area contributed by atoms with Gasteiger partial charge in [-0.3, -0.25) is 14.2 Å². The molecule has 0 aliphatic rings. The Hall–Kier alpha value is -4.46. The molecule has 0 spiro atoms. The standard InChI is InChI=1S/C27H23FN4O3/c1-35-21-10-7-18(8-11-21)14-29-24(33)16-32-23-12-9-20(28)13-22(23)25-26(32)27(34)31(17-30-25)15-19-5-3-2-4-6-19/h2-13,17H,14-16H2,1H3,(H,29,33). The summed E-state index contributed by atoms with van der Waals surface area (Å²) >= 11 is 0. The molecule has 176 valence electrons. The molecule has 5 aromatic rings. The number of carbonyl (C=O) groups is 1. The van der Waals surface area contributed by atoms with Gasteiger partial charge in [0.1, 0.15) is 29.1 Å². The van der Waals surface area contributed by atoms with E-state index in [1.165, 1.54) is 23.0 Å². The molecule has 0 saturated heterocycles. The molecule has 1 N–H and O–H groups in total. The smallest absolute Gasteiger partial charge is 0.278 e. The molecular weight excluding hydrogens is 447 g/mol. The van der Waals surface area contributed by atoms with Crippen molar-refractivity contribution in [3.8, 4) is 5.75 Å². The quantitative estimate of drug-likeness (QED) is 0.392. The fraction of sp³-hybridized carbons (Fsp3) is 0.148. The van der Waals surface area contributed by atoms with E-state index in [2.05, 4.69) is 10.3 Å². The van der Waals surface area contributed by atoms with Crippen LogP contribution < -0.4 is 15.6 Å². The number of nitrogens with zero attached hydrogens (tertiary/aromatic N) is 3. The zero-order valence-electron chi connectivity index (χ0n) is 19.1. The number of hydrogen-bond acceptors (Lipinski definition) is 4. The summed E-state index contributed by atoms with van der Waals surface area (Å²) in [6.07, 6.45) is 1.47. The van der Waals surface area contributed by atoms with Crippen molar-refractivity contribution in [3.05, 3.63) is 106 Å². The third kappa shape index (κ3) is 4.50. The molecule has 0 aliphatic heterocycles. The highest BCUT2D eigenvalue weighted by atomic mass is 19.1. The number of benzene rings is 3. The molecule has 3 aromatic carbocycles. The third-order valence-electron chi connectivity index (χ3n) is 5.93. The molecular formula is C27H23FN4O3. The number of fused-ring (bicyclic) bond motifs is 3. The van der Waals surface area contributed by atoms with E-state index in [4.69, 9.17) is 4.74 Å². The van der Waals surface area contributed by atoms with Crippen LogP contribution in [-0.4, -0.2) is 27.1 Å². The van der Waals surface area contributed by atoms with Crippen LogP contribution in [0.2, 0.25) is 0 Å². The molecule has 0 saturated carbocycles. The third-order valence-corrected chi connectivity index (χ3v) is 5.93. The number of rotatable bonds is 7. The summed E-state index contributed by atoms with van der Waals surface area (Å²) < 4.78 is 22.3.